The molecular formula is C19H29N5O3. The predicted molar refractivity (Wildman–Crippen MR) is 101 cm³/mol. The molecule has 8 nitrogen and oxygen atoms in total. The molecule has 8 heteroatoms. The quantitative estimate of drug-likeness (QED) is 0.534. The third-order valence-electron chi connectivity index (χ3n) is 5.36. The Hall–Kier alpha value is -2.22. The van der Waals surface area contributed by atoms with Gasteiger partial charge in [0, 0.05) is 52.3 Å². The minimum atomic E-state index is -0.729. The van der Waals surface area contributed by atoms with Crippen molar-refractivity contribution in [3.05, 3.63) is 18.6 Å². The topological polar surface area (TPSA) is 78.9 Å². The number of aromatic nitrogens is 2. The Bertz CT molecular complexity index is 659. The Morgan fingerprint density at radius 1 is 1.22 bits per heavy atom. The SMILES string of the molecule is COCCCN1C(=O)N(CC(C)C)C2(CCN(c3cnccn3)CC2)C1=O. The van der Waals surface area contributed by atoms with E-state index >= 15 is 0 Å². The highest BCUT2D eigenvalue weighted by Crippen LogP contribution is 2.38. The molecule has 0 atom stereocenters. The highest BCUT2D eigenvalue weighted by atomic mass is 16.5. The van der Waals surface area contributed by atoms with Crippen molar-refractivity contribution in [2.75, 3.05) is 44.8 Å². The number of ether oxygens (including phenoxy) is 1. The monoisotopic (exact) mass is 375 g/mol. The van der Waals surface area contributed by atoms with E-state index in [9.17, 15) is 9.59 Å². The standard InChI is InChI=1S/C19H29N5O3/c1-15(2)14-24-18(26)23(9-4-12-27-3)17(25)19(24)5-10-22(11-6-19)16-13-20-7-8-21-16/h7-8,13,15H,4-6,9-12,14H2,1-3H3. The third-order valence-corrected chi connectivity index (χ3v) is 5.36. The molecule has 0 unspecified atom stereocenters. The molecule has 2 aliphatic rings. The zero-order chi connectivity index (χ0) is 19.4. The summed E-state index contributed by atoms with van der Waals surface area (Å²) in [5.41, 5.74) is -0.729. The van der Waals surface area contributed by atoms with Crippen LogP contribution in [0.3, 0.4) is 0 Å². The van der Waals surface area contributed by atoms with Crippen LogP contribution in [0.15, 0.2) is 18.6 Å². The maximum Gasteiger partial charge on any atom is 0.327 e. The molecule has 1 spiro atoms. The van der Waals surface area contributed by atoms with Crippen LogP contribution in [0, 0.1) is 5.92 Å². The fourth-order valence-corrected chi connectivity index (χ4v) is 4.01. The summed E-state index contributed by atoms with van der Waals surface area (Å²) < 4.78 is 5.08. The van der Waals surface area contributed by atoms with Gasteiger partial charge in [0.2, 0.25) is 0 Å². The lowest BCUT2D eigenvalue weighted by Crippen LogP contribution is -2.57. The fraction of sp³-hybridized carbons (Fsp3) is 0.684. The van der Waals surface area contributed by atoms with E-state index in [2.05, 4.69) is 28.7 Å². The molecule has 1 aromatic heterocycles. The Morgan fingerprint density at radius 3 is 2.56 bits per heavy atom. The van der Waals surface area contributed by atoms with E-state index in [-0.39, 0.29) is 11.9 Å². The van der Waals surface area contributed by atoms with Crippen molar-refractivity contribution >= 4 is 17.8 Å². The normalized spacial score (nSPS) is 19.6. The molecule has 2 fully saturated rings. The predicted octanol–water partition coefficient (Wildman–Crippen LogP) is 1.77. The van der Waals surface area contributed by atoms with E-state index in [0.29, 0.717) is 58.0 Å². The van der Waals surface area contributed by atoms with Crippen LogP contribution < -0.4 is 4.90 Å². The summed E-state index contributed by atoms with van der Waals surface area (Å²) in [5, 5.41) is 0. The van der Waals surface area contributed by atoms with Crippen molar-refractivity contribution in [2.24, 2.45) is 5.92 Å². The smallest absolute Gasteiger partial charge is 0.327 e. The van der Waals surface area contributed by atoms with Gasteiger partial charge in [0.05, 0.1) is 6.20 Å². The van der Waals surface area contributed by atoms with Gasteiger partial charge in [-0.15, -0.1) is 0 Å². The van der Waals surface area contributed by atoms with Crippen molar-refractivity contribution in [1.82, 2.24) is 19.8 Å². The number of amides is 3. The molecule has 0 radical (unpaired) electrons. The Labute approximate surface area is 160 Å². The average Bonchev–Trinajstić information content (AvgIpc) is 2.85. The molecule has 2 aliphatic heterocycles. The second-order valence-electron chi connectivity index (χ2n) is 7.67. The van der Waals surface area contributed by atoms with Crippen molar-refractivity contribution in [3.8, 4) is 0 Å². The molecule has 27 heavy (non-hydrogen) atoms. The van der Waals surface area contributed by atoms with E-state index in [1.165, 1.54) is 4.90 Å². The second kappa shape index (κ2) is 8.21. The molecule has 0 aliphatic carbocycles. The van der Waals surface area contributed by atoms with Gasteiger partial charge in [-0.2, -0.15) is 0 Å². The summed E-state index contributed by atoms with van der Waals surface area (Å²) >= 11 is 0. The number of carbonyl (C=O) groups excluding carboxylic acids is 2. The molecular weight excluding hydrogens is 346 g/mol. The van der Waals surface area contributed by atoms with Crippen LogP contribution in [-0.2, 0) is 9.53 Å². The number of methoxy groups -OCH3 is 1. The Balaban J connectivity index is 1.78. The summed E-state index contributed by atoms with van der Waals surface area (Å²) in [6.07, 6.45) is 6.94. The number of imide groups is 1. The third kappa shape index (κ3) is 3.76. The van der Waals surface area contributed by atoms with Crippen molar-refractivity contribution in [2.45, 2.75) is 38.6 Å². The van der Waals surface area contributed by atoms with E-state index in [1.54, 1.807) is 25.7 Å². The molecule has 0 N–H and O–H groups in total. The molecule has 148 valence electrons. The summed E-state index contributed by atoms with van der Waals surface area (Å²) in [5.74, 6) is 1.06. The van der Waals surface area contributed by atoms with Crippen LogP contribution in [0.1, 0.15) is 33.1 Å². The number of carbonyl (C=O) groups is 2. The number of urea groups is 1. The summed E-state index contributed by atoms with van der Waals surface area (Å²) in [6.45, 7) is 7.05. The first-order chi connectivity index (χ1) is 13.0. The lowest BCUT2D eigenvalue weighted by molar-refractivity contribution is -0.134. The van der Waals surface area contributed by atoms with Crippen molar-refractivity contribution < 1.29 is 14.3 Å². The molecule has 0 bridgehead atoms. The lowest BCUT2D eigenvalue weighted by atomic mass is 9.85. The summed E-state index contributed by atoms with van der Waals surface area (Å²) in [4.78, 5) is 40.2. The van der Waals surface area contributed by atoms with Crippen molar-refractivity contribution in [3.63, 3.8) is 0 Å². The number of piperidine rings is 1. The minimum absolute atomic E-state index is 0.0527. The van der Waals surface area contributed by atoms with Crippen molar-refractivity contribution in [1.29, 1.82) is 0 Å². The fourth-order valence-electron chi connectivity index (χ4n) is 4.01. The summed E-state index contributed by atoms with van der Waals surface area (Å²) in [7, 11) is 1.63. The van der Waals surface area contributed by atoms with E-state index < -0.39 is 5.54 Å². The zero-order valence-corrected chi connectivity index (χ0v) is 16.4. The van der Waals surface area contributed by atoms with Crippen LogP contribution in [0.2, 0.25) is 0 Å². The van der Waals surface area contributed by atoms with Gasteiger partial charge in [-0.1, -0.05) is 13.8 Å². The highest BCUT2D eigenvalue weighted by Gasteiger charge is 2.57. The number of hydrogen-bond donors (Lipinski definition) is 0. The number of anilines is 1. The first-order valence-corrected chi connectivity index (χ1v) is 9.63. The Morgan fingerprint density at radius 2 is 1.96 bits per heavy atom. The van der Waals surface area contributed by atoms with E-state index in [0.717, 1.165) is 5.82 Å². The van der Waals surface area contributed by atoms with E-state index in [1.807, 2.05) is 4.90 Å². The van der Waals surface area contributed by atoms with Crippen LogP contribution in [0.4, 0.5) is 10.6 Å². The maximum atomic E-state index is 13.3. The molecule has 1 aromatic rings. The molecule has 3 heterocycles. The number of hydrogen-bond acceptors (Lipinski definition) is 6. The first kappa shape index (κ1) is 19.5. The highest BCUT2D eigenvalue weighted by molar-refractivity contribution is 6.07. The van der Waals surface area contributed by atoms with Gasteiger partial charge in [0.25, 0.3) is 5.91 Å². The van der Waals surface area contributed by atoms with Crippen LogP contribution >= 0.6 is 0 Å². The number of rotatable bonds is 7. The van der Waals surface area contributed by atoms with Gasteiger partial charge < -0.3 is 14.5 Å². The molecule has 2 saturated heterocycles. The van der Waals surface area contributed by atoms with Gasteiger partial charge in [-0.3, -0.25) is 14.7 Å². The Kier molecular flexibility index (Phi) is 5.94. The van der Waals surface area contributed by atoms with Crippen LogP contribution in [0.25, 0.3) is 0 Å². The van der Waals surface area contributed by atoms with Crippen LogP contribution in [-0.4, -0.2) is 77.1 Å². The van der Waals surface area contributed by atoms with Crippen LogP contribution in [0.5, 0.6) is 0 Å². The van der Waals surface area contributed by atoms with Gasteiger partial charge >= 0.3 is 6.03 Å². The number of nitrogens with zero attached hydrogens (tertiary/aromatic N) is 5. The van der Waals surface area contributed by atoms with Gasteiger partial charge in [-0.05, 0) is 25.2 Å². The van der Waals surface area contributed by atoms with Gasteiger partial charge in [0.15, 0.2) is 0 Å². The maximum absolute atomic E-state index is 13.3. The van der Waals surface area contributed by atoms with Gasteiger partial charge in [0.1, 0.15) is 11.4 Å². The molecule has 0 saturated carbocycles. The van der Waals surface area contributed by atoms with Gasteiger partial charge in [-0.25, -0.2) is 9.78 Å². The lowest BCUT2D eigenvalue weighted by Gasteiger charge is -2.43. The molecule has 3 rings (SSSR count). The second-order valence-corrected chi connectivity index (χ2v) is 7.67. The molecule has 3 amide bonds. The first-order valence-electron chi connectivity index (χ1n) is 9.63. The van der Waals surface area contributed by atoms with E-state index in [4.69, 9.17) is 4.74 Å². The molecule has 0 aromatic carbocycles. The zero-order valence-electron chi connectivity index (χ0n) is 16.4. The average molecular weight is 375 g/mol. The summed E-state index contributed by atoms with van der Waals surface area (Å²) in [6, 6.07) is -0.155. The largest absolute Gasteiger partial charge is 0.385 e. The minimum Gasteiger partial charge on any atom is -0.385 e.